The standard InChI is InChI=1S/C22H27ClFN3O3S/c1-17-15-18(23)6-7-19(17)21(28)26-16-22(20-5-2-3-11-25-20)8-12-27(13-9-22)31(29,30)14-4-10-24/h2-3,5-7,11,15H,4,8-10,12-14,16H2,1H3,(H,26,28). The topological polar surface area (TPSA) is 79.4 Å². The van der Waals surface area contributed by atoms with Gasteiger partial charge in [-0.1, -0.05) is 17.7 Å². The monoisotopic (exact) mass is 467 g/mol. The molecule has 0 atom stereocenters. The lowest BCUT2D eigenvalue weighted by Gasteiger charge is -2.41. The molecular weight excluding hydrogens is 441 g/mol. The van der Waals surface area contributed by atoms with Gasteiger partial charge >= 0.3 is 0 Å². The van der Waals surface area contributed by atoms with E-state index in [1.807, 2.05) is 25.1 Å². The molecule has 1 aliphatic rings. The summed E-state index contributed by atoms with van der Waals surface area (Å²) in [6, 6.07) is 10.7. The van der Waals surface area contributed by atoms with Crippen LogP contribution < -0.4 is 5.32 Å². The van der Waals surface area contributed by atoms with Crippen LogP contribution in [0.1, 0.15) is 40.9 Å². The van der Waals surface area contributed by atoms with E-state index in [9.17, 15) is 17.6 Å². The Bertz CT molecular complexity index is 1010. The van der Waals surface area contributed by atoms with Crippen molar-refractivity contribution in [1.29, 1.82) is 0 Å². The molecule has 0 radical (unpaired) electrons. The van der Waals surface area contributed by atoms with Crippen molar-refractivity contribution >= 4 is 27.5 Å². The fourth-order valence-corrected chi connectivity index (χ4v) is 5.68. The number of aromatic nitrogens is 1. The largest absolute Gasteiger partial charge is 0.351 e. The van der Waals surface area contributed by atoms with Crippen molar-refractivity contribution in [2.45, 2.75) is 31.6 Å². The number of carbonyl (C=O) groups excluding carboxylic acids is 1. The highest BCUT2D eigenvalue weighted by Gasteiger charge is 2.40. The molecule has 0 saturated carbocycles. The molecule has 1 saturated heterocycles. The molecule has 1 fully saturated rings. The van der Waals surface area contributed by atoms with E-state index >= 15 is 0 Å². The number of rotatable bonds is 8. The number of sulfonamides is 1. The van der Waals surface area contributed by atoms with Gasteiger partial charge in [-0.15, -0.1) is 0 Å². The van der Waals surface area contributed by atoms with Crippen LogP contribution in [0.15, 0.2) is 42.6 Å². The molecule has 0 aliphatic carbocycles. The Morgan fingerprint density at radius 1 is 1.26 bits per heavy atom. The van der Waals surface area contributed by atoms with Crippen molar-refractivity contribution in [3.8, 4) is 0 Å². The third-order valence-electron chi connectivity index (χ3n) is 5.84. The number of aryl methyl sites for hydroxylation is 1. The number of alkyl halides is 1. The number of hydrogen-bond donors (Lipinski definition) is 1. The van der Waals surface area contributed by atoms with E-state index in [0.717, 1.165) is 11.3 Å². The molecule has 1 aromatic carbocycles. The lowest BCUT2D eigenvalue weighted by Crippen LogP contribution is -2.51. The molecule has 0 spiro atoms. The van der Waals surface area contributed by atoms with Crippen LogP contribution in [-0.2, 0) is 15.4 Å². The highest BCUT2D eigenvalue weighted by atomic mass is 35.5. The van der Waals surface area contributed by atoms with Gasteiger partial charge in [-0.05, 0) is 62.1 Å². The van der Waals surface area contributed by atoms with Crippen LogP contribution in [0.4, 0.5) is 4.39 Å². The summed E-state index contributed by atoms with van der Waals surface area (Å²) < 4.78 is 38.8. The van der Waals surface area contributed by atoms with Gasteiger partial charge < -0.3 is 5.32 Å². The second-order valence-electron chi connectivity index (χ2n) is 7.89. The van der Waals surface area contributed by atoms with Crippen LogP contribution in [0.25, 0.3) is 0 Å². The number of carbonyl (C=O) groups is 1. The molecule has 31 heavy (non-hydrogen) atoms. The highest BCUT2D eigenvalue weighted by Crippen LogP contribution is 2.35. The normalized spacial score (nSPS) is 16.7. The summed E-state index contributed by atoms with van der Waals surface area (Å²) in [4.78, 5) is 17.3. The van der Waals surface area contributed by atoms with Crippen LogP contribution in [-0.4, -0.2) is 55.7 Å². The number of nitrogens with zero attached hydrogens (tertiary/aromatic N) is 2. The van der Waals surface area contributed by atoms with Crippen LogP contribution in [0.3, 0.4) is 0 Å². The van der Waals surface area contributed by atoms with E-state index < -0.39 is 22.1 Å². The lowest BCUT2D eigenvalue weighted by molar-refractivity contribution is 0.0931. The minimum Gasteiger partial charge on any atom is -0.351 e. The number of pyridine rings is 1. The fraction of sp³-hybridized carbons (Fsp3) is 0.455. The summed E-state index contributed by atoms with van der Waals surface area (Å²) in [5.41, 5.74) is 1.67. The van der Waals surface area contributed by atoms with Gasteiger partial charge in [0.1, 0.15) is 0 Å². The first kappa shape index (κ1) is 23.6. The maximum atomic E-state index is 12.8. The van der Waals surface area contributed by atoms with Crippen molar-refractivity contribution in [2.75, 3.05) is 32.1 Å². The van der Waals surface area contributed by atoms with Crippen LogP contribution >= 0.6 is 11.6 Å². The number of halogens is 2. The molecule has 1 N–H and O–H groups in total. The molecule has 0 bridgehead atoms. The SMILES string of the molecule is Cc1cc(Cl)ccc1C(=O)NCC1(c2ccccn2)CCN(S(=O)(=O)CCCF)CC1. The first-order valence-corrected chi connectivity index (χ1v) is 12.3. The first-order valence-electron chi connectivity index (χ1n) is 10.3. The van der Waals surface area contributed by atoms with E-state index in [1.165, 1.54) is 4.31 Å². The van der Waals surface area contributed by atoms with Crippen LogP contribution in [0, 0.1) is 6.92 Å². The average Bonchev–Trinajstić information content (AvgIpc) is 2.77. The van der Waals surface area contributed by atoms with Gasteiger partial charge in [0, 0.05) is 47.5 Å². The Hall–Kier alpha value is -2.03. The van der Waals surface area contributed by atoms with E-state index in [4.69, 9.17) is 11.6 Å². The highest BCUT2D eigenvalue weighted by molar-refractivity contribution is 7.89. The van der Waals surface area contributed by atoms with Crippen LogP contribution in [0.2, 0.25) is 5.02 Å². The van der Waals surface area contributed by atoms with Gasteiger partial charge in [0.2, 0.25) is 10.0 Å². The van der Waals surface area contributed by atoms with E-state index in [-0.39, 0.29) is 18.1 Å². The Kier molecular flexibility index (Phi) is 7.67. The van der Waals surface area contributed by atoms with Gasteiger partial charge in [0.25, 0.3) is 5.91 Å². The van der Waals surface area contributed by atoms with Gasteiger partial charge in [0.15, 0.2) is 0 Å². The van der Waals surface area contributed by atoms with E-state index in [0.29, 0.717) is 43.1 Å². The molecule has 6 nitrogen and oxygen atoms in total. The summed E-state index contributed by atoms with van der Waals surface area (Å²) >= 11 is 5.99. The van der Waals surface area contributed by atoms with Crippen LogP contribution in [0.5, 0.6) is 0 Å². The zero-order valence-electron chi connectivity index (χ0n) is 17.5. The number of hydrogen-bond acceptors (Lipinski definition) is 4. The van der Waals surface area contributed by atoms with Crippen molar-refractivity contribution in [3.63, 3.8) is 0 Å². The smallest absolute Gasteiger partial charge is 0.251 e. The molecule has 0 unspecified atom stereocenters. The van der Waals surface area contributed by atoms with Gasteiger partial charge in [-0.3, -0.25) is 14.2 Å². The Morgan fingerprint density at radius 3 is 2.61 bits per heavy atom. The Labute approximate surface area is 187 Å². The third-order valence-corrected chi connectivity index (χ3v) is 8.03. The summed E-state index contributed by atoms with van der Waals surface area (Å²) in [5, 5.41) is 3.59. The zero-order chi connectivity index (χ0) is 22.5. The number of nitrogens with one attached hydrogen (secondary N) is 1. The summed E-state index contributed by atoms with van der Waals surface area (Å²) in [6.07, 6.45) is 2.73. The predicted octanol–water partition coefficient (Wildman–Crippen LogP) is 3.50. The molecule has 2 heterocycles. The molecular formula is C22H27ClFN3O3S. The average molecular weight is 468 g/mol. The summed E-state index contributed by atoms with van der Waals surface area (Å²) in [6.45, 7) is 2.13. The Balaban J connectivity index is 1.76. The van der Waals surface area contributed by atoms with E-state index in [2.05, 4.69) is 10.3 Å². The van der Waals surface area contributed by atoms with Gasteiger partial charge in [-0.25, -0.2) is 12.7 Å². The molecule has 1 aromatic heterocycles. The first-order chi connectivity index (χ1) is 14.8. The van der Waals surface area contributed by atoms with Crippen molar-refractivity contribution in [3.05, 3.63) is 64.4 Å². The van der Waals surface area contributed by atoms with E-state index in [1.54, 1.807) is 24.4 Å². The third kappa shape index (κ3) is 5.61. The lowest BCUT2D eigenvalue weighted by atomic mass is 9.75. The summed E-state index contributed by atoms with van der Waals surface area (Å²) in [5.74, 6) is -0.394. The van der Waals surface area contributed by atoms with Gasteiger partial charge in [0.05, 0.1) is 12.4 Å². The molecule has 2 aromatic rings. The summed E-state index contributed by atoms with van der Waals surface area (Å²) in [7, 11) is -3.49. The molecule has 3 rings (SSSR count). The van der Waals surface area contributed by atoms with Crippen molar-refractivity contribution in [2.24, 2.45) is 0 Å². The number of amides is 1. The maximum absolute atomic E-state index is 12.8. The molecule has 1 aliphatic heterocycles. The minimum atomic E-state index is -3.49. The maximum Gasteiger partial charge on any atom is 0.251 e. The Morgan fingerprint density at radius 2 is 2.00 bits per heavy atom. The molecule has 168 valence electrons. The molecule has 9 heteroatoms. The predicted molar refractivity (Wildman–Crippen MR) is 120 cm³/mol. The molecule has 1 amide bonds. The zero-order valence-corrected chi connectivity index (χ0v) is 19.1. The fourth-order valence-electron chi connectivity index (χ4n) is 3.98. The number of benzene rings is 1. The second-order valence-corrected chi connectivity index (χ2v) is 10.4. The van der Waals surface area contributed by atoms with Crippen molar-refractivity contribution in [1.82, 2.24) is 14.6 Å². The second kappa shape index (κ2) is 10.1. The van der Waals surface area contributed by atoms with Gasteiger partial charge in [-0.2, -0.15) is 0 Å². The minimum absolute atomic E-state index is 0.000712. The van der Waals surface area contributed by atoms with Crippen molar-refractivity contribution < 1.29 is 17.6 Å². The number of piperidine rings is 1. The quantitative estimate of drug-likeness (QED) is 0.644.